The summed E-state index contributed by atoms with van der Waals surface area (Å²) in [5.74, 6) is -0.293. The molecule has 0 bridgehead atoms. The van der Waals surface area contributed by atoms with Gasteiger partial charge in [-0.25, -0.2) is 0 Å². The topological polar surface area (TPSA) is 40.6 Å². The van der Waals surface area contributed by atoms with Crippen molar-refractivity contribution in [2.24, 2.45) is 0 Å². The Bertz CT molecular complexity index is 267. The second kappa shape index (κ2) is 4.76. The number of thiocarbonyl (C=S) groups is 1. The summed E-state index contributed by atoms with van der Waals surface area (Å²) in [5.41, 5.74) is 0.379. The van der Waals surface area contributed by atoms with Gasteiger partial charge in [0, 0.05) is 12.6 Å². The second-order valence-electron chi connectivity index (χ2n) is 2.64. The highest BCUT2D eigenvalue weighted by Crippen LogP contribution is 1.99. The lowest BCUT2D eigenvalue weighted by Crippen LogP contribution is -2.42. The van der Waals surface area contributed by atoms with E-state index in [4.69, 9.17) is 12.2 Å². The first kappa shape index (κ1) is 11.8. The third kappa shape index (κ3) is 2.98. The Hall–Kier alpha value is -1.17. The quantitative estimate of drug-likeness (QED) is 0.255. The molecule has 2 amide bonds. The van der Waals surface area contributed by atoms with Crippen molar-refractivity contribution in [2.45, 2.75) is 6.92 Å². The van der Waals surface area contributed by atoms with Crippen molar-refractivity contribution < 1.29 is 9.59 Å². The van der Waals surface area contributed by atoms with Crippen LogP contribution in [-0.4, -0.2) is 42.2 Å². The largest absolute Gasteiger partial charge is 0.345 e. The average Bonchev–Trinajstić information content (AvgIpc) is 2.12. The molecule has 0 radical (unpaired) electrons. The Kier molecular flexibility index (Phi) is 4.34. The van der Waals surface area contributed by atoms with Crippen molar-refractivity contribution in [1.29, 1.82) is 0 Å². The minimum Gasteiger partial charge on any atom is -0.345 e. The number of rotatable bonds is 2. The molecule has 0 aromatic heterocycles. The third-order valence-electron chi connectivity index (χ3n) is 1.42. The van der Waals surface area contributed by atoms with Gasteiger partial charge in [-0.05, 0) is 19.1 Å². The number of likely N-dealkylation sites (N-methyl/N-ethyl adjacent to an activating group) is 1. The first-order chi connectivity index (χ1) is 5.91. The van der Waals surface area contributed by atoms with Crippen LogP contribution in [0.5, 0.6) is 0 Å². The normalized spacial score (nSPS) is 8.77. The van der Waals surface area contributed by atoms with Crippen molar-refractivity contribution in [3.8, 4) is 0 Å². The van der Waals surface area contributed by atoms with Crippen LogP contribution in [0, 0.1) is 0 Å². The van der Waals surface area contributed by atoms with Gasteiger partial charge in [-0.1, -0.05) is 6.58 Å². The van der Waals surface area contributed by atoms with Gasteiger partial charge in [0.1, 0.15) is 0 Å². The Morgan fingerprint density at radius 3 is 2.38 bits per heavy atom. The number of carbonyl (C=O) groups excluding carboxylic acids is 2. The lowest BCUT2D eigenvalue weighted by Gasteiger charge is -2.22. The fourth-order valence-electron chi connectivity index (χ4n) is 0.655. The summed E-state index contributed by atoms with van der Waals surface area (Å²) >= 11 is 4.85. The Balaban J connectivity index is 4.51. The highest BCUT2D eigenvalue weighted by atomic mass is 32.1. The fraction of sp³-hybridized carbons (Fsp3) is 0.286. The molecule has 0 aliphatic heterocycles. The van der Waals surface area contributed by atoms with Gasteiger partial charge in [0.25, 0.3) is 5.91 Å². The van der Waals surface area contributed by atoms with E-state index in [0.717, 1.165) is 4.81 Å². The highest BCUT2D eigenvalue weighted by molar-refractivity contribution is 7.80. The van der Waals surface area contributed by atoms with Crippen LogP contribution in [0.25, 0.3) is 0 Å². The lowest BCUT2D eigenvalue weighted by molar-refractivity contribution is -0.122. The van der Waals surface area contributed by atoms with Gasteiger partial charge in [-0.2, -0.15) is 0 Å². The van der Waals surface area contributed by atoms with Crippen molar-refractivity contribution in [3.63, 3.8) is 0 Å². The first-order valence-electron chi connectivity index (χ1n) is 3.57. The number of amides is 2. The molecular formula is C7H11BN2O2S. The molecular weight excluding hydrogens is 187 g/mol. The van der Waals surface area contributed by atoms with E-state index >= 15 is 0 Å². The Morgan fingerprint density at radius 2 is 2.08 bits per heavy atom. The van der Waals surface area contributed by atoms with Crippen LogP contribution in [0.4, 0.5) is 0 Å². The molecule has 0 rings (SSSR count). The predicted octanol–water partition coefficient (Wildman–Crippen LogP) is -0.688. The van der Waals surface area contributed by atoms with Gasteiger partial charge < -0.3 is 4.81 Å². The maximum Gasteiger partial charge on any atom is 0.254 e. The SMILES string of the molecule is BN(C=O)C(=S)N(C)C(=O)C(=C)C. The summed E-state index contributed by atoms with van der Waals surface area (Å²) in [6.45, 7) is 5.07. The molecule has 0 saturated carbocycles. The minimum atomic E-state index is -0.293. The van der Waals surface area contributed by atoms with E-state index < -0.39 is 0 Å². The standard InChI is InChI=1S/C7H11BN2O2S/c1-5(2)6(12)9(3)7(13)10(8)4-11/h4H,1,8H2,2-3H3. The summed E-state index contributed by atoms with van der Waals surface area (Å²) in [7, 11) is 2.98. The van der Waals surface area contributed by atoms with Gasteiger partial charge in [0.05, 0.1) is 0 Å². The second-order valence-corrected chi connectivity index (χ2v) is 3.01. The summed E-state index contributed by atoms with van der Waals surface area (Å²) < 4.78 is 0. The number of hydrogen-bond donors (Lipinski definition) is 0. The van der Waals surface area contributed by atoms with Crippen LogP contribution in [-0.2, 0) is 9.59 Å². The zero-order valence-corrected chi connectivity index (χ0v) is 8.72. The maximum atomic E-state index is 11.3. The minimum absolute atomic E-state index is 0.156. The zero-order chi connectivity index (χ0) is 10.6. The van der Waals surface area contributed by atoms with E-state index in [1.54, 1.807) is 6.92 Å². The molecule has 0 atom stereocenters. The Morgan fingerprint density at radius 1 is 1.62 bits per heavy atom. The van der Waals surface area contributed by atoms with Crippen LogP contribution >= 0.6 is 12.2 Å². The molecule has 0 saturated heterocycles. The van der Waals surface area contributed by atoms with Gasteiger partial charge in [0.2, 0.25) is 14.4 Å². The van der Waals surface area contributed by atoms with Crippen LogP contribution in [0.1, 0.15) is 6.92 Å². The lowest BCUT2D eigenvalue weighted by atomic mass is 10.3. The smallest absolute Gasteiger partial charge is 0.254 e. The van der Waals surface area contributed by atoms with Crippen LogP contribution < -0.4 is 0 Å². The number of carbonyl (C=O) groups is 2. The molecule has 0 heterocycles. The first-order valence-corrected chi connectivity index (χ1v) is 3.98. The number of hydrogen-bond acceptors (Lipinski definition) is 3. The molecule has 0 aliphatic carbocycles. The molecule has 70 valence electrons. The zero-order valence-electron chi connectivity index (χ0n) is 7.90. The molecule has 6 heteroatoms. The molecule has 0 fully saturated rings. The molecule has 0 N–H and O–H groups in total. The molecule has 13 heavy (non-hydrogen) atoms. The van der Waals surface area contributed by atoms with Crippen LogP contribution in [0.3, 0.4) is 0 Å². The van der Waals surface area contributed by atoms with Gasteiger partial charge in [-0.3, -0.25) is 14.5 Å². The molecule has 4 nitrogen and oxygen atoms in total. The molecule has 0 aromatic carbocycles. The van der Waals surface area contributed by atoms with Crippen molar-refractivity contribution in [2.75, 3.05) is 7.05 Å². The van der Waals surface area contributed by atoms with Crippen LogP contribution in [0.2, 0.25) is 0 Å². The Labute approximate surface area is 83.6 Å². The number of nitrogens with zero attached hydrogens (tertiary/aromatic N) is 2. The fourth-order valence-corrected chi connectivity index (χ4v) is 0.781. The molecule has 0 aromatic rings. The van der Waals surface area contributed by atoms with E-state index in [-0.39, 0.29) is 11.0 Å². The van der Waals surface area contributed by atoms with Crippen molar-refractivity contribution in [3.05, 3.63) is 12.2 Å². The van der Waals surface area contributed by atoms with Gasteiger partial charge >= 0.3 is 0 Å². The monoisotopic (exact) mass is 198 g/mol. The summed E-state index contributed by atoms with van der Waals surface area (Å²) in [4.78, 5) is 24.0. The van der Waals surface area contributed by atoms with E-state index in [2.05, 4.69) is 6.58 Å². The van der Waals surface area contributed by atoms with Gasteiger partial charge in [-0.15, -0.1) is 0 Å². The summed E-state index contributed by atoms with van der Waals surface area (Å²) in [5, 5.41) is 0.156. The van der Waals surface area contributed by atoms with Crippen molar-refractivity contribution >= 4 is 37.6 Å². The van der Waals surface area contributed by atoms with E-state index in [0.29, 0.717) is 12.0 Å². The summed E-state index contributed by atoms with van der Waals surface area (Å²) in [6, 6.07) is 0. The molecule has 0 unspecified atom stereocenters. The van der Waals surface area contributed by atoms with E-state index in [1.165, 1.54) is 19.9 Å². The molecule has 0 aliphatic rings. The van der Waals surface area contributed by atoms with Crippen LogP contribution in [0.15, 0.2) is 12.2 Å². The average molecular weight is 198 g/mol. The van der Waals surface area contributed by atoms with E-state index in [9.17, 15) is 9.59 Å². The maximum absolute atomic E-state index is 11.3. The van der Waals surface area contributed by atoms with Crippen molar-refractivity contribution in [1.82, 2.24) is 9.71 Å². The predicted molar refractivity (Wildman–Crippen MR) is 56.6 cm³/mol. The van der Waals surface area contributed by atoms with E-state index in [1.807, 2.05) is 0 Å². The highest BCUT2D eigenvalue weighted by Gasteiger charge is 2.15. The molecule has 0 spiro atoms. The van der Waals surface area contributed by atoms with Gasteiger partial charge in [0.15, 0.2) is 5.11 Å². The summed E-state index contributed by atoms with van der Waals surface area (Å²) in [6.07, 6.45) is 0.546. The third-order valence-corrected chi connectivity index (χ3v) is 1.98.